The van der Waals surface area contributed by atoms with Gasteiger partial charge in [0, 0.05) is 0 Å². The molecule has 0 saturated heterocycles. The summed E-state index contributed by atoms with van der Waals surface area (Å²) >= 11 is 0. The average Bonchev–Trinajstić information content (AvgIpc) is 1.95. The van der Waals surface area contributed by atoms with Gasteiger partial charge in [0.05, 0.1) is 25.4 Å². The molecule has 4 nitrogen and oxygen atoms in total. The van der Waals surface area contributed by atoms with E-state index in [1.807, 2.05) is 5.73 Å². The second-order valence-electron chi connectivity index (χ2n) is 1.75. The monoisotopic (exact) mass is 122 g/mol. The van der Waals surface area contributed by atoms with Crippen molar-refractivity contribution in [3.8, 4) is 0 Å². The van der Waals surface area contributed by atoms with Gasteiger partial charge in [-0.1, -0.05) is 0 Å². The third-order valence-corrected chi connectivity index (χ3v) is 0.908. The van der Waals surface area contributed by atoms with Gasteiger partial charge < -0.3 is 21.0 Å². The van der Waals surface area contributed by atoms with Gasteiger partial charge in [0.25, 0.3) is 0 Å². The van der Waals surface area contributed by atoms with E-state index in [4.69, 9.17) is 16.7 Å². The van der Waals surface area contributed by atoms with Gasteiger partial charge in [-0.2, -0.15) is 0 Å². The van der Waals surface area contributed by atoms with Gasteiger partial charge in [-0.3, -0.25) is 0 Å². The van der Waals surface area contributed by atoms with Crippen molar-refractivity contribution in [2.24, 2.45) is 5.73 Å². The number of hydrogen-bond acceptors (Lipinski definition) is 4. The molecule has 5 N–H and O–H groups in total. The van der Waals surface area contributed by atoms with Crippen LogP contribution in [0.4, 0.5) is 0 Å². The van der Waals surface area contributed by atoms with Crippen molar-refractivity contribution < 1.29 is 16.7 Å². The Morgan fingerprint density at radius 1 is 1.25 bits per heavy atom. The molecule has 0 atom stereocenters. The molecular weight excluding hydrogens is 110 g/mol. The van der Waals surface area contributed by atoms with Crippen LogP contribution in [-0.4, -0.2) is 40.7 Å². The van der Waals surface area contributed by atoms with E-state index in [1.54, 1.807) is 0 Å². The highest BCUT2D eigenvalue weighted by Crippen LogP contribution is 1.93. The lowest BCUT2D eigenvalue weighted by Gasteiger charge is -2.20. The highest BCUT2D eigenvalue weighted by atomic mass is 16.3. The largest absolute Gasteiger partial charge is 0.394 e. The van der Waals surface area contributed by atoms with Crippen LogP contribution in [0, 0.1) is 0 Å². The van der Waals surface area contributed by atoms with E-state index in [0.29, 0.717) is 0 Å². The Labute approximate surface area is 49.0 Å². The molecule has 0 aliphatic carbocycles. The van der Waals surface area contributed by atoms with Crippen molar-refractivity contribution in [1.82, 2.24) is 0 Å². The molecule has 0 bridgehead atoms. The summed E-state index contributed by atoms with van der Waals surface area (Å²) in [5, 5.41) is 25.4. The van der Waals surface area contributed by atoms with Crippen LogP contribution in [0.5, 0.6) is 0 Å². The number of hydrogen-bond donors (Lipinski definition) is 4. The van der Waals surface area contributed by atoms with Gasteiger partial charge in [0.2, 0.25) is 0 Å². The summed E-state index contributed by atoms with van der Waals surface area (Å²) in [7, 11) is 0. The Kier molecular flexibility index (Phi) is 2.23. The van der Waals surface area contributed by atoms with Crippen molar-refractivity contribution in [2.75, 3.05) is 19.8 Å². The number of rotatable bonds is 4. The maximum absolute atomic E-state index is 8.47. The summed E-state index contributed by atoms with van der Waals surface area (Å²) in [5.41, 5.74) is 0.615. The van der Waals surface area contributed by atoms with Gasteiger partial charge in [-0.25, -0.2) is 0 Å². The highest BCUT2D eigenvalue weighted by molar-refractivity contribution is 4.80. The van der Waals surface area contributed by atoms with Crippen LogP contribution >= 0.6 is 0 Å². The Morgan fingerprint density at radius 3 is 1.62 bits per heavy atom. The van der Waals surface area contributed by atoms with Crippen LogP contribution in [0.25, 0.3) is 0 Å². The molecule has 0 aromatic heterocycles. The predicted molar refractivity (Wildman–Crippen MR) is 28.2 cm³/mol. The van der Waals surface area contributed by atoms with Crippen molar-refractivity contribution >= 4 is 0 Å². The Hall–Kier alpha value is -0.160. The van der Waals surface area contributed by atoms with Crippen LogP contribution < -0.4 is 5.73 Å². The number of aliphatic hydroxyl groups excluding tert-OH is 3. The van der Waals surface area contributed by atoms with E-state index in [0.717, 1.165) is 0 Å². The standard InChI is InChI=1S/C4H11NO3/c5-4(1-6,2-7)3-8/h6-8H,1-3,5H2/i/hD. The lowest BCUT2D eigenvalue weighted by molar-refractivity contribution is 0.0698. The molecule has 0 aromatic carbocycles. The molecule has 0 spiro atoms. The first-order valence-corrected chi connectivity index (χ1v) is 2.26. The maximum atomic E-state index is 8.47. The normalized spacial score (nSPS) is 13.6. The van der Waals surface area contributed by atoms with Gasteiger partial charge in [-0.05, 0) is 0 Å². The second-order valence-corrected chi connectivity index (χ2v) is 1.75. The number of nitrogens with two attached hydrogens (primary N) is 1. The zero-order chi connectivity index (χ0) is 7.33. The third-order valence-electron chi connectivity index (χ3n) is 0.908. The van der Waals surface area contributed by atoms with Crippen LogP contribution in [0.3, 0.4) is 0 Å². The summed E-state index contributed by atoms with van der Waals surface area (Å²) in [6.45, 7) is -1.36. The fourth-order valence-electron chi connectivity index (χ4n) is 0.150. The minimum Gasteiger partial charge on any atom is -0.394 e. The second kappa shape index (κ2) is 2.99. The zero-order valence-electron chi connectivity index (χ0n) is 5.46. The van der Waals surface area contributed by atoms with Crippen molar-refractivity contribution in [3.63, 3.8) is 0 Å². The van der Waals surface area contributed by atoms with E-state index >= 15 is 0 Å². The summed E-state index contributed by atoms with van der Waals surface area (Å²) in [4.78, 5) is 0. The molecule has 0 aliphatic heterocycles. The van der Waals surface area contributed by atoms with Crippen LogP contribution in [0.1, 0.15) is 0 Å². The number of aliphatic hydroxyl groups is 3. The minimum atomic E-state index is -1.25. The van der Waals surface area contributed by atoms with Crippen molar-refractivity contribution in [1.29, 1.82) is 0 Å². The van der Waals surface area contributed by atoms with Crippen LogP contribution in [0.15, 0.2) is 0 Å². The van der Waals surface area contributed by atoms with E-state index in [1.165, 1.54) is 0 Å². The molecular formula is C4H11NO3. The summed E-state index contributed by atoms with van der Waals surface area (Å²) in [6.07, 6.45) is 0. The Balaban J connectivity index is 3.82. The van der Waals surface area contributed by atoms with Crippen molar-refractivity contribution in [3.05, 3.63) is 0 Å². The molecule has 0 rings (SSSR count). The molecule has 0 amide bonds. The van der Waals surface area contributed by atoms with Gasteiger partial charge in [0.1, 0.15) is 1.41 Å². The maximum Gasteiger partial charge on any atom is 0.119 e. The molecule has 50 valence electrons. The van der Waals surface area contributed by atoms with Gasteiger partial charge in [0.15, 0.2) is 0 Å². The third kappa shape index (κ3) is 1.75. The lowest BCUT2D eigenvalue weighted by atomic mass is 10.1. The zero-order valence-corrected chi connectivity index (χ0v) is 4.46. The fraction of sp³-hybridized carbons (Fsp3) is 1.00. The molecule has 4 heteroatoms. The summed E-state index contributed by atoms with van der Waals surface area (Å²) < 4.78 is 6.58. The van der Waals surface area contributed by atoms with Gasteiger partial charge in [-0.15, -0.1) is 0 Å². The molecule has 8 heavy (non-hydrogen) atoms. The van der Waals surface area contributed by atoms with E-state index in [9.17, 15) is 0 Å². The SMILES string of the molecule is [2H]NC(CO)(CO)CO. The molecule has 0 saturated carbocycles. The first-order chi connectivity index (χ1) is 4.24. The Morgan fingerprint density at radius 2 is 1.62 bits per heavy atom. The first kappa shape index (κ1) is 5.97. The van der Waals surface area contributed by atoms with Crippen molar-refractivity contribution in [2.45, 2.75) is 5.54 Å². The highest BCUT2D eigenvalue weighted by Gasteiger charge is 2.20. The molecule has 0 radical (unpaired) electrons. The molecule has 0 unspecified atom stereocenters. The predicted octanol–water partition coefficient (Wildman–Crippen LogP) is -2.34. The summed E-state index contributed by atoms with van der Waals surface area (Å²) in [6, 6.07) is 0. The lowest BCUT2D eigenvalue weighted by Crippen LogP contribution is -2.50. The van der Waals surface area contributed by atoms with Crippen LogP contribution in [0.2, 0.25) is 1.41 Å². The molecule has 0 aromatic rings. The summed E-state index contributed by atoms with van der Waals surface area (Å²) in [5.74, 6) is 0. The smallest absolute Gasteiger partial charge is 0.119 e. The molecule has 0 fully saturated rings. The minimum absolute atomic E-state index is 0.455. The average molecular weight is 122 g/mol. The molecule has 0 heterocycles. The fourth-order valence-corrected chi connectivity index (χ4v) is 0.150. The van der Waals surface area contributed by atoms with E-state index < -0.39 is 25.4 Å². The van der Waals surface area contributed by atoms with Crippen LogP contribution in [-0.2, 0) is 0 Å². The van der Waals surface area contributed by atoms with Gasteiger partial charge >= 0.3 is 0 Å². The topological polar surface area (TPSA) is 86.7 Å². The Bertz CT molecular complexity index is 58.7. The van der Waals surface area contributed by atoms with E-state index in [-0.39, 0.29) is 0 Å². The quantitative estimate of drug-likeness (QED) is 0.336. The molecule has 0 aliphatic rings. The van der Waals surface area contributed by atoms with E-state index in [2.05, 4.69) is 0 Å². The first-order valence-electron chi connectivity index (χ1n) is 2.76.